The molecule has 2 aromatic rings. The third-order valence-corrected chi connectivity index (χ3v) is 3.86. The summed E-state index contributed by atoms with van der Waals surface area (Å²) in [7, 11) is 0. The number of hydrogen-bond donors (Lipinski definition) is 1. The van der Waals surface area contributed by atoms with Gasteiger partial charge < -0.3 is 9.52 Å². The lowest BCUT2D eigenvalue weighted by atomic mass is 10.2. The molecular formula is C14H10Cl2O3. The first-order valence-electron chi connectivity index (χ1n) is 5.84. The highest BCUT2D eigenvalue weighted by Gasteiger charge is 2.46. The van der Waals surface area contributed by atoms with Gasteiger partial charge in [-0.05, 0) is 36.8 Å². The molecule has 1 saturated carbocycles. The molecule has 1 aliphatic carbocycles. The summed E-state index contributed by atoms with van der Waals surface area (Å²) < 4.78 is 5.70. The predicted molar refractivity (Wildman–Crippen MR) is 72.6 cm³/mol. The van der Waals surface area contributed by atoms with E-state index in [0.29, 0.717) is 33.6 Å². The summed E-state index contributed by atoms with van der Waals surface area (Å²) in [5.74, 6) is 0.179. The first-order chi connectivity index (χ1) is 9.06. The van der Waals surface area contributed by atoms with Crippen LogP contribution in [0.15, 0.2) is 34.7 Å². The van der Waals surface area contributed by atoms with Crippen LogP contribution in [0, 0.1) is 5.92 Å². The largest absolute Gasteiger partial charge is 0.481 e. The van der Waals surface area contributed by atoms with Gasteiger partial charge in [-0.1, -0.05) is 23.2 Å². The monoisotopic (exact) mass is 296 g/mol. The van der Waals surface area contributed by atoms with Crippen LogP contribution in [0.3, 0.4) is 0 Å². The van der Waals surface area contributed by atoms with Crippen molar-refractivity contribution < 1.29 is 14.3 Å². The van der Waals surface area contributed by atoms with Crippen molar-refractivity contribution in [3.05, 3.63) is 46.1 Å². The van der Waals surface area contributed by atoms with Gasteiger partial charge in [0.1, 0.15) is 11.5 Å². The molecule has 3 rings (SSSR count). The van der Waals surface area contributed by atoms with Crippen LogP contribution in [0.1, 0.15) is 18.1 Å². The molecule has 0 amide bonds. The van der Waals surface area contributed by atoms with E-state index in [-0.39, 0.29) is 11.8 Å². The quantitative estimate of drug-likeness (QED) is 0.911. The maximum absolute atomic E-state index is 10.8. The van der Waals surface area contributed by atoms with E-state index in [1.807, 2.05) is 0 Å². The Morgan fingerprint density at radius 2 is 2.05 bits per heavy atom. The number of carboxylic acid groups (broad SMARTS) is 1. The highest BCUT2D eigenvalue weighted by atomic mass is 35.5. The van der Waals surface area contributed by atoms with Crippen molar-refractivity contribution in [3.8, 4) is 11.3 Å². The van der Waals surface area contributed by atoms with Crippen molar-refractivity contribution in [1.29, 1.82) is 0 Å². The molecule has 0 saturated heterocycles. The van der Waals surface area contributed by atoms with Crippen molar-refractivity contribution in [2.24, 2.45) is 5.92 Å². The van der Waals surface area contributed by atoms with Crippen LogP contribution in [-0.2, 0) is 4.79 Å². The first kappa shape index (κ1) is 12.6. The Hall–Kier alpha value is -1.45. The van der Waals surface area contributed by atoms with Gasteiger partial charge >= 0.3 is 5.97 Å². The van der Waals surface area contributed by atoms with Crippen LogP contribution >= 0.6 is 23.2 Å². The van der Waals surface area contributed by atoms with Gasteiger partial charge in [-0.15, -0.1) is 0 Å². The van der Waals surface area contributed by atoms with Gasteiger partial charge in [-0.25, -0.2) is 0 Å². The van der Waals surface area contributed by atoms with Crippen LogP contribution in [0.25, 0.3) is 11.3 Å². The second-order valence-electron chi connectivity index (χ2n) is 4.61. The van der Waals surface area contributed by atoms with E-state index in [9.17, 15) is 4.79 Å². The highest BCUT2D eigenvalue weighted by Crippen LogP contribution is 2.49. The maximum Gasteiger partial charge on any atom is 0.307 e. The summed E-state index contributed by atoms with van der Waals surface area (Å²) in [5.41, 5.74) is 0.716. The molecule has 98 valence electrons. The van der Waals surface area contributed by atoms with E-state index in [4.69, 9.17) is 32.7 Å². The third-order valence-electron chi connectivity index (χ3n) is 3.29. The fraction of sp³-hybridized carbons (Fsp3) is 0.214. The Balaban J connectivity index is 1.90. The number of carbonyl (C=O) groups is 1. The summed E-state index contributed by atoms with van der Waals surface area (Å²) in [6, 6.07) is 8.75. The minimum absolute atomic E-state index is 0.0239. The molecule has 1 aliphatic rings. The minimum atomic E-state index is -0.774. The lowest BCUT2D eigenvalue weighted by molar-refractivity contribution is -0.138. The molecule has 2 atom stereocenters. The molecule has 1 aromatic heterocycles. The van der Waals surface area contributed by atoms with Gasteiger partial charge in [-0.3, -0.25) is 4.79 Å². The molecule has 0 unspecified atom stereocenters. The smallest absolute Gasteiger partial charge is 0.307 e. The fourth-order valence-corrected chi connectivity index (χ4v) is 2.55. The van der Waals surface area contributed by atoms with Crippen LogP contribution in [-0.4, -0.2) is 11.1 Å². The van der Waals surface area contributed by atoms with E-state index in [1.54, 1.807) is 30.3 Å². The van der Waals surface area contributed by atoms with Crippen LogP contribution in [0.4, 0.5) is 0 Å². The van der Waals surface area contributed by atoms with Gasteiger partial charge in [0.2, 0.25) is 0 Å². The van der Waals surface area contributed by atoms with Gasteiger partial charge in [0, 0.05) is 16.5 Å². The number of carboxylic acids is 1. The maximum atomic E-state index is 10.8. The number of benzene rings is 1. The van der Waals surface area contributed by atoms with Crippen molar-refractivity contribution >= 4 is 29.2 Å². The Morgan fingerprint density at radius 1 is 1.26 bits per heavy atom. The fourth-order valence-electron chi connectivity index (χ4n) is 2.17. The Bertz CT molecular complexity index is 648. The van der Waals surface area contributed by atoms with E-state index in [2.05, 4.69) is 0 Å². The zero-order valence-corrected chi connectivity index (χ0v) is 11.3. The molecule has 1 N–H and O–H groups in total. The van der Waals surface area contributed by atoms with Gasteiger partial charge in [-0.2, -0.15) is 0 Å². The highest BCUT2D eigenvalue weighted by molar-refractivity contribution is 6.35. The second-order valence-corrected chi connectivity index (χ2v) is 5.46. The summed E-state index contributed by atoms with van der Waals surface area (Å²) in [6.45, 7) is 0. The third kappa shape index (κ3) is 2.36. The molecule has 0 bridgehead atoms. The van der Waals surface area contributed by atoms with Gasteiger partial charge in [0.15, 0.2) is 0 Å². The molecule has 19 heavy (non-hydrogen) atoms. The van der Waals surface area contributed by atoms with E-state index < -0.39 is 5.97 Å². The topological polar surface area (TPSA) is 50.4 Å². The van der Waals surface area contributed by atoms with E-state index >= 15 is 0 Å². The van der Waals surface area contributed by atoms with E-state index in [1.165, 1.54) is 0 Å². The summed E-state index contributed by atoms with van der Waals surface area (Å²) >= 11 is 12.0. The van der Waals surface area contributed by atoms with Crippen LogP contribution in [0.5, 0.6) is 0 Å². The molecule has 3 nitrogen and oxygen atoms in total. The first-order valence-corrected chi connectivity index (χ1v) is 6.60. The Morgan fingerprint density at radius 3 is 2.74 bits per heavy atom. The van der Waals surface area contributed by atoms with Crippen molar-refractivity contribution in [1.82, 2.24) is 0 Å². The summed E-state index contributed by atoms with van der Waals surface area (Å²) in [5, 5.41) is 10.0. The molecule has 1 aromatic carbocycles. The predicted octanol–water partition coefficient (Wildman–Crippen LogP) is 4.44. The number of rotatable bonds is 3. The molecule has 0 spiro atoms. The van der Waals surface area contributed by atoms with Crippen LogP contribution < -0.4 is 0 Å². The Labute approximate surface area is 119 Å². The SMILES string of the molecule is O=C(O)[C@H]1C[C@H]1c1ccc(-c2cc(Cl)ccc2Cl)o1. The molecule has 1 fully saturated rings. The zero-order valence-electron chi connectivity index (χ0n) is 9.77. The number of aliphatic carboxylic acids is 1. The van der Waals surface area contributed by atoms with Gasteiger partial charge in [0.05, 0.1) is 10.9 Å². The molecule has 0 aliphatic heterocycles. The van der Waals surface area contributed by atoms with Gasteiger partial charge in [0.25, 0.3) is 0 Å². The second kappa shape index (κ2) is 4.58. The number of halogens is 2. The summed E-state index contributed by atoms with van der Waals surface area (Å²) in [4.78, 5) is 10.8. The zero-order chi connectivity index (χ0) is 13.6. The van der Waals surface area contributed by atoms with Crippen molar-refractivity contribution in [3.63, 3.8) is 0 Å². The molecular weight excluding hydrogens is 287 g/mol. The number of furan rings is 1. The van der Waals surface area contributed by atoms with Crippen molar-refractivity contribution in [2.75, 3.05) is 0 Å². The average molecular weight is 297 g/mol. The molecule has 1 heterocycles. The summed E-state index contributed by atoms with van der Waals surface area (Å²) in [6.07, 6.45) is 0.631. The lowest BCUT2D eigenvalue weighted by Gasteiger charge is -2.01. The number of hydrogen-bond acceptors (Lipinski definition) is 2. The standard InChI is InChI=1S/C14H10Cl2O3/c15-7-1-2-11(16)10(5-7)13-4-3-12(19-13)8-6-9(8)14(17)18/h1-5,8-9H,6H2,(H,17,18)/t8-,9+/m1/s1. The lowest BCUT2D eigenvalue weighted by Crippen LogP contribution is -1.98. The minimum Gasteiger partial charge on any atom is -0.481 e. The van der Waals surface area contributed by atoms with Crippen molar-refractivity contribution in [2.45, 2.75) is 12.3 Å². The molecule has 0 radical (unpaired) electrons. The Kier molecular flexibility index (Phi) is 3.03. The average Bonchev–Trinajstić information content (AvgIpc) is 3.04. The molecule has 5 heteroatoms. The van der Waals surface area contributed by atoms with E-state index in [0.717, 1.165) is 0 Å². The normalized spacial score (nSPS) is 21.4. The van der Waals surface area contributed by atoms with Crippen LogP contribution in [0.2, 0.25) is 10.0 Å².